The minimum absolute atomic E-state index is 0.0232. The van der Waals surface area contributed by atoms with Crippen molar-refractivity contribution < 1.29 is 37.0 Å². The molecule has 4 aliphatic heterocycles. The molecule has 7 bridgehead atoms. The highest BCUT2D eigenvalue weighted by atomic mass is 35.5. The van der Waals surface area contributed by atoms with Crippen molar-refractivity contribution in [2.45, 2.75) is 93.8 Å². The summed E-state index contributed by atoms with van der Waals surface area (Å²) in [6.45, 7) is 11.7. The topological polar surface area (TPSA) is 124 Å². The average Bonchev–Trinajstić information content (AvgIpc) is 3.22. The molecule has 7 rings (SSSR count). The number of sulfonamides is 1. The molecule has 0 saturated carbocycles. The lowest BCUT2D eigenvalue weighted by atomic mass is 9.67. The van der Waals surface area contributed by atoms with E-state index in [1.54, 1.807) is 23.1 Å². The van der Waals surface area contributed by atoms with Crippen molar-refractivity contribution in [3.8, 4) is 5.75 Å². The van der Waals surface area contributed by atoms with Crippen LogP contribution in [0.3, 0.4) is 0 Å². The van der Waals surface area contributed by atoms with Gasteiger partial charge < -0.3 is 28.7 Å². The highest BCUT2D eigenvalue weighted by Crippen LogP contribution is 2.50. The van der Waals surface area contributed by atoms with Gasteiger partial charge in [-0.1, -0.05) is 30.7 Å². The van der Waals surface area contributed by atoms with Crippen molar-refractivity contribution in [3.05, 3.63) is 64.2 Å². The number of morpholine rings is 1. The summed E-state index contributed by atoms with van der Waals surface area (Å²) in [5.41, 5.74) is 1.65. The Morgan fingerprint density at radius 1 is 1.12 bits per heavy atom. The van der Waals surface area contributed by atoms with Crippen LogP contribution in [0.5, 0.6) is 5.75 Å². The maximum absolute atomic E-state index is 13.9. The van der Waals surface area contributed by atoms with Gasteiger partial charge in [0.1, 0.15) is 17.5 Å². The van der Waals surface area contributed by atoms with Gasteiger partial charge in [-0.3, -0.25) is 4.79 Å². The summed E-state index contributed by atoms with van der Waals surface area (Å²) in [5.74, 6) is -0.700. The number of benzene rings is 2. The summed E-state index contributed by atoms with van der Waals surface area (Å²) in [5, 5.41) is 0.665. The lowest BCUT2D eigenvalue weighted by Crippen LogP contribution is -2.52. The predicted molar refractivity (Wildman–Crippen MR) is 193 cm³/mol. The zero-order chi connectivity index (χ0) is 36.3. The van der Waals surface area contributed by atoms with Gasteiger partial charge in [-0.25, -0.2) is 17.9 Å². The predicted octanol–water partition coefficient (Wildman–Crippen LogP) is 5.72. The number of carbonyl (C=O) groups excluding carboxylic acids is 2. The number of halogens is 1. The molecule has 1 aliphatic carbocycles. The lowest BCUT2D eigenvalue weighted by Gasteiger charge is -2.46. The SMILES string of the molecule is CC[C@H]1[C@@H](OC(=O)N2CCOC(C)(C)C2)/C=C/COC(C)(C)C(=O)NS(=O)(=O)c2ccc3c(c2)N2C[C@@H]1c1cc4c(cc1Cl)CCC[C@@]4(CO3)C2. The number of hydrogen-bond acceptors (Lipinski definition) is 9. The normalized spacial score (nSPS) is 29.9. The summed E-state index contributed by atoms with van der Waals surface area (Å²) >= 11 is 7.21. The van der Waals surface area contributed by atoms with Crippen molar-refractivity contribution >= 4 is 39.3 Å². The zero-order valence-electron chi connectivity index (χ0n) is 30.0. The largest absolute Gasteiger partial charge is 0.490 e. The van der Waals surface area contributed by atoms with Crippen LogP contribution in [0.25, 0.3) is 0 Å². The van der Waals surface area contributed by atoms with Gasteiger partial charge >= 0.3 is 6.09 Å². The van der Waals surface area contributed by atoms with Crippen LogP contribution >= 0.6 is 11.6 Å². The summed E-state index contributed by atoms with van der Waals surface area (Å²) in [6, 6.07) is 9.13. The molecule has 276 valence electrons. The van der Waals surface area contributed by atoms with E-state index in [0.717, 1.165) is 24.8 Å². The Balaban J connectivity index is 1.39. The molecular weight excluding hydrogens is 694 g/mol. The van der Waals surface area contributed by atoms with E-state index in [2.05, 4.69) is 28.7 Å². The Kier molecular flexibility index (Phi) is 9.38. The van der Waals surface area contributed by atoms with Gasteiger partial charge in [0.05, 0.1) is 42.5 Å². The molecule has 0 unspecified atom stereocenters. The fourth-order valence-corrected chi connectivity index (χ4v) is 9.93. The van der Waals surface area contributed by atoms with E-state index in [9.17, 15) is 18.0 Å². The Labute approximate surface area is 305 Å². The van der Waals surface area contributed by atoms with Crippen LogP contribution in [0.4, 0.5) is 10.5 Å². The molecule has 4 atom stereocenters. The molecule has 2 aromatic rings. The summed E-state index contributed by atoms with van der Waals surface area (Å²) in [7, 11) is -4.26. The second-order valence-electron chi connectivity index (χ2n) is 15.7. The number of anilines is 1. The maximum Gasteiger partial charge on any atom is 0.410 e. The standard InChI is InChI=1S/C38H48ClN3O8S/c1-6-26-28-20-42-22-38(13-7-9-24-17-30(39)27(28)19-29(24)38)23-47-33-12-11-25(18-31(33)42)51(45,46)40-34(43)37(4,5)49-15-8-10-32(26)50-35(44)41-14-16-48-36(2,3)21-41/h8,10-12,17-19,26,28,32H,6-7,9,13-16,20-23H2,1-5H3,(H,40,43)/b10-8+/t26-,28+,32+,38+/m1/s1. The number of fused-ring (bicyclic) bond motifs is 4. The number of nitrogens with one attached hydrogen (secondary N) is 1. The van der Waals surface area contributed by atoms with Crippen molar-refractivity contribution in [3.63, 3.8) is 0 Å². The van der Waals surface area contributed by atoms with Crippen molar-refractivity contribution in [2.24, 2.45) is 5.92 Å². The van der Waals surface area contributed by atoms with Gasteiger partial charge in [-0.2, -0.15) is 0 Å². The van der Waals surface area contributed by atoms with E-state index in [-0.39, 0.29) is 28.8 Å². The van der Waals surface area contributed by atoms with E-state index >= 15 is 0 Å². The first-order valence-corrected chi connectivity index (χ1v) is 19.8. The third kappa shape index (κ3) is 6.84. The van der Waals surface area contributed by atoms with Crippen LogP contribution in [0.15, 0.2) is 47.4 Å². The van der Waals surface area contributed by atoms with Crippen molar-refractivity contribution in [2.75, 3.05) is 50.9 Å². The van der Waals surface area contributed by atoms with E-state index in [1.807, 2.05) is 19.9 Å². The summed E-state index contributed by atoms with van der Waals surface area (Å²) in [6.07, 6.45) is 5.88. The van der Waals surface area contributed by atoms with Crippen LogP contribution in [-0.4, -0.2) is 88.6 Å². The van der Waals surface area contributed by atoms with Crippen LogP contribution in [0.2, 0.25) is 5.02 Å². The van der Waals surface area contributed by atoms with Gasteiger partial charge in [-0.05, 0) is 100 Å². The molecule has 1 spiro atoms. The Morgan fingerprint density at radius 3 is 2.69 bits per heavy atom. The minimum Gasteiger partial charge on any atom is -0.490 e. The molecule has 4 heterocycles. The van der Waals surface area contributed by atoms with Gasteiger partial charge in [-0.15, -0.1) is 0 Å². The molecule has 51 heavy (non-hydrogen) atoms. The number of ether oxygens (including phenoxy) is 4. The van der Waals surface area contributed by atoms with E-state index in [0.29, 0.717) is 62.3 Å². The fraction of sp³-hybridized carbons (Fsp3) is 0.579. The molecular formula is C38H48ClN3O8S. The Hall–Kier alpha value is -3.32. The molecule has 2 amide bonds. The van der Waals surface area contributed by atoms with Crippen molar-refractivity contribution in [1.29, 1.82) is 0 Å². The first kappa shape index (κ1) is 36.1. The van der Waals surface area contributed by atoms with E-state index < -0.39 is 39.3 Å². The van der Waals surface area contributed by atoms with E-state index in [1.165, 1.54) is 31.0 Å². The van der Waals surface area contributed by atoms with Gasteiger partial charge in [0.25, 0.3) is 15.9 Å². The number of rotatable bonds is 2. The molecule has 2 aromatic carbocycles. The number of amides is 2. The van der Waals surface area contributed by atoms with Crippen molar-refractivity contribution in [1.82, 2.24) is 9.62 Å². The summed E-state index contributed by atoms with van der Waals surface area (Å²) in [4.78, 5) is 31.1. The Bertz CT molecular complexity index is 1860. The van der Waals surface area contributed by atoms with E-state index in [4.69, 9.17) is 30.5 Å². The average molecular weight is 742 g/mol. The van der Waals surface area contributed by atoms with Gasteiger partial charge in [0.2, 0.25) is 0 Å². The molecule has 1 saturated heterocycles. The lowest BCUT2D eigenvalue weighted by molar-refractivity contribution is -0.139. The Morgan fingerprint density at radius 2 is 1.92 bits per heavy atom. The first-order valence-electron chi connectivity index (χ1n) is 17.9. The first-order chi connectivity index (χ1) is 24.1. The number of aryl methyl sites for hydroxylation is 1. The quantitative estimate of drug-likeness (QED) is 0.385. The highest BCUT2D eigenvalue weighted by Gasteiger charge is 2.46. The van der Waals surface area contributed by atoms with Crippen LogP contribution in [0.1, 0.15) is 76.5 Å². The number of hydrogen-bond donors (Lipinski definition) is 1. The molecule has 13 heteroatoms. The second kappa shape index (κ2) is 13.3. The number of carbonyl (C=O) groups is 2. The third-order valence-corrected chi connectivity index (χ3v) is 12.9. The smallest absolute Gasteiger partial charge is 0.410 e. The highest BCUT2D eigenvalue weighted by molar-refractivity contribution is 7.90. The molecule has 1 N–H and O–H groups in total. The molecule has 0 aromatic heterocycles. The maximum atomic E-state index is 13.9. The van der Waals surface area contributed by atoms with Crippen LogP contribution in [0, 0.1) is 5.92 Å². The molecule has 11 nitrogen and oxygen atoms in total. The number of nitrogens with zero attached hydrogens (tertiary/aromatic N) is 2. The molecule has 1 fully saturated rings. The fourth-order valence-electron chi connectivity index (χ4n) is 8.49. The van der Waals surface area contributed by atoms with Gasteiger partial charge in [0, 0.05) is 41.9 Å². The second-order valence-corrected chi connectivity index (χ2v) is 17.8. The zero-order valence-corrected chi connectivity index (χ0v) is 31.6. The summed E-state index contributed by atoms with van der Waals surface area (Å²) < 4.78 is 54.4. The van der Waals surface area contributed by atoms with Crippen LogP contribution < -0.4 is 14.4 Å². The molecule has 5 aliphatic rings. The third-order valence-electron chi connectivity index (χ3n) is 11.3. The molecule has 0 radical (unpaired) electrons. The van der Waals surface area contributed by atoms with Crippen LogP contribution in [-0.2, 0) is 40.9 Å². The monoisotopic (exact) mass is 741 g/mol. The van der Waals surface area contributed by atoms with Gasteiger partial charge in [0.15, 0.2) is 0 Å². The minimum atomic E-state index is -4.26.